The van der Waals surface area contributed by atoms with Gasteiger partial charge in [-0.1, -0.05) is 6.92 Å². The summed E-state index contributed by atoms with van der Waals surface area (Å²) in [6.45, 7) is 1.90. The van der Waals surface area contributed by atoms with Gasteiger partial charge in [0, 0.05) is 18.0 Å². The second-order valence-corrected chi connectivity index (χ2v) is 7.33. The van der Waals surface area contributed by atoms with Crippen molar-refractivity contribution in [2.75, 3.05) is 23.0 Å². The maximum Gasteiger partial charge on any atom is 0.335 e. The lowest BCUT2D eigenvalue weighted by Gasteiger charge is -2.17. The number of hydrogen-bond donors (Lipinski definition) is 1. The summed E-state index contributed by atoms with van der Waals surface area (Å²) in [5.74, 6) is -1.21. The molecule has 0 fully saturated rings. The monoisotopic (exact) mass is 311 g/mol. The summed E-state index contributed by atoms with van der Waals surface area (Å²) in [5, 5.41) is 8.94. The normalized spacial score (nSPS) is 14.3. The largest absolute Gasteiger partial charge is 0.478 e. The fraction of sp³-hybridized carbons (Fsp3) is 0.429. The Bertz CT molecular complexity index is 681. The standard InChI is InChI=1S/C14H17NO5S/c1-2-6-21(19,20)7-5-15-12-4-3-10(14(17)18)8-11(12)9-13(15)16/h3-4,8H,2,5-7,9H2,1H3,(H,17,18). The Morgan fingerprint density at radius 2 is 2.05 bits per heavy atom. The van der Waals surface area contributed by atoms with Crippen LogP contribution in [-0.4, -0.2) is 43.5 Å². The molecule has 1 amide bonds. The van der Waals surface area contributed by atoms with Gasteiger partial charge in [-0.05, 0) is 30.2 Å². The fourth-order valence-electron chi connectivity index (χ4n) is 2.40. The third-order valence-corrected chi connectivity index (χ3v) is 5.24. The van der Waals surface area contributed by atoms with Gasteiger partial charge < -0.3 is 10.0 Å². The first kappa shape index (κ1) is 15.5. The number of sulfone groups is 1. The van der Waals surface area contributed by atoms with Crippen LogP contribution in [0.2, 0.25) is 0 Å². The average Bonchev–Trinajstić information content (AvgIpc) is 2.70. The number of benzene rings is 1. The Balaban J connectivity index is 2.17. The molecule has 21 heavy (non-hydrogen) atoms. The molecule has 1 aromatic carbocycles. The Morgan fingerprint density at radius 1 is 1.33 bits per heavy atom. The summed E-state index contributed by atoms with van der Waals surface area (Å²) in [5.41, 5.74) is 1.37. The highest BCUT2D eigenvalue weighted by Crippen LogP contribution is 2.29. The van der Waals surface area contributed by atoms with Crippen LogP contribution in [0, 0.1) is 0 Å². The van der Waals surface area contributed by atoms with Crippen molar-refractivity contribution in [1.29, 1.82) is 0 Å². The molecule has 0 aliphatic carbocycles. The van der Waals surface area contributed by atoms with Crippen LogP contribution in [0.1, 0.15) is 29.3 Å². The first-order chi connectivity index (χ1) is 9.84. The fourth-order valence-corrected chi connectivity index (χ4v) is 3.69. The third-order valence-electron chi connectivity index (χ3n) is 3.40. The zero-order valence-corrected chi connectivity index (χ0v) is 12.5. The lowest BCUT2D eigenvalue weighted by Crippen LogP contribution is -2.32. The summed E-state index contributed by atoms with van der Waals surface area (Å²) < 4.78 is 23.5. The van der Waals surface area contributed by atoms with E-state index in [9.17, 15) is 18.0 Å². The van der Waals surface area contributed by atoms with E-state index in [1.54, 1.807) is 13.0 Å². The molecule has 0 saturated carbocycles. The van der Waals surface area contributed by atoms with Crippen LogP contribution in [0.5, 0.6) is 0 Å². The number of nitrogens with zero attached hydrogens (tertiary/aromatic N) is 1. The van der Waals surface area contributed by atoms with E-state index in [1.165, 1.54) is 17.0 Å². The van der Waals surface area contributed by atoms with E-state index in [4.69, 9.17) is 5.11 Å². The van der Waals surface area contributed by atoms with Gasteiger partial charge in [0.2, 0.25) is 5.91 Å². The highest BCUT2D eigenvalue weighted by atomic mass is 32.2. The predicted octanol–water partition coefficient (Wildman–Crippen LogP) is 1.10. The van der Waals surface area contributed by atoms with Crippen LogP contribution in [0.4, 0.5) is 5.69 Å². The van der Waals surface area contributed by atoms with E-state index < -0.39 is 15.8 Å². The minimum atomic E-state index is -3.15. The van der Waals surface area contributed by atoms with E-state index in [-0.39, 0.29) is 35.9 Å². The number of aromatic carboxylic acids is 1. The smallest absolute Gasteiger partial charge is 0.335 e. The first-order valence-electron chi connectivity index (χ1n) is 6.71. The van der Waals surface area contributed by atoms with Gasteiger partial charge in [0.1, 0.15) is 0 Å². The molecule has 1 heterocycles. The van der Waals surface area contributed by atoms with Crippen molar-refractivity contribution in [2.24, 2.45) is 0 Å². The van der Waals surface area contributed by atoms with Gasteiger partial charge in [0.25, 0.3) is 0 Å². The number of fused-ring (bicyclic) bond motifs is 1. The molecule has 1 aliphatic heterocycles. The summed E-state index contributed by atoms with van der Waals surface area (Å²) in [7, 11) is -3.15. The Hall–Kier alpha value is -1.89. The van der Waals surface area contributed by atoms with E-state index in [0.717, 1.165) is 0 Å². The predicted molar refractivity (Wildman–Crippen MR) is 78.4 cm³/mol. The van der Waals surface area contributed by atoms with E-state index >= 15 is 0 Å². The molecule has 114 valence electrons. The van der Waals surface area contributed by atoms with Crippen molar-refractivity contribution in [1.82, 2.24) is 0 Å². The number of carbonyl (C=O) groups is 2. The van der Waals surface area contributed by atoms with Gasteiger partial charge in [-0.15, -0.1) is 0 Å². The molecule has 0 aromatic heterocycles. The second-order valence-electron chi connectivity index (χ2n) is 5.02. The third kappa shape index (κ3) is 3.41. The Kier molecular flexibility index (Phi) is 4.32. The van der Waals surface area contributed by atoms with Crippen LogP contribution in [0.15, 0.2) is 18.2 Å². The minimum Gasteiger partial charge on any atom is -0.478 e. The molecule has 0 saturated heterocycles. The van der Waals surface area contributed by atoms with E-state index in [0.29, 0.717) is 17.7 Å². The SMILES string of the molecule is CCCS(=O)(=O)CCN1C(=O)Cc2cc(C(=O)O)ccc21. The van der Waals surface area contributed by atoms with Crippen molar-refractivity contribution in [3.8, 4) is 0 Å². The zero-order chi connectivity index (χ0) is 15.6. The molecule has 7 heteroatoms. The summed E-state index contributed by atoms with van der Waals surface area (Å²) in [4.78, 5) is 24.3. The first-order valence-corrected chi connectivity index (χ1v) is 8.53. The van der Waals surface area contributed by atoms with E-state index in [2.05, 4.69) is 0 Å². The number of carboxylic acid groups (broad SMARTS) is 1. The summed E-state index contributed by atoms with van der Waals surface area (Å²) in [6.07, 6.45) is 0.666. The molecule has 1 aromatic rings. The van der Waals surface area contributed by atoms with Crippen LogP contribution < -0.4 is 4.90 Å². The summed E-state index contributed by atoms with van der Waals surface area (Å²) in [6, 6.07) is 4.46. The van der Waals surface area contributed by atoms with Gasteiger partial charge in [-0.2, -0.15) is 0 Å². The number of anilines is 1. The maximum atomic E-state index is 12.0. The van der Waals surface area contributed by atoms with Crippen LogP contribution in [0.25, 0.3) is 0 Å². The number of carbonyl (C=O) groups excluding carboxylic acids is 1. The molecule has 0 bridgehead atoms. The van der Waals surface area contributed by atoms with Crippen LogP contribution in [0.3, 0.4) is 0 Å². The van der Waals surface area contributed by atoms with Gasteiger partial charge in [0.05, 0.1) is 17.7 Å². The highest BCUT2D eigenvalue weighted by Gasteiger charge is 2.28. The Morgan fingerprint density at radius 3 is 2.67 bits per heavy atom. The van der Waals surface area contributed by atoms with Gasteiger partial charge >= 0.3 is 5.97 Å². The van der Waals surface area contributed by atoms with Crippen LogP contribution in [-0.2, 0) is 21.1 Å². The molecule has 1 N–H and O–H groups in total. The van der Waals surface area contributed by atoms with Crippen molar-refractivity contribution in [3.05, 3.63) is 29.3 Å². The van der Waals surface area contributed by atoms with Crippen LogP contribution >= 0.6 is 0 Å². The molecular formula is C14H17NO5S. The molecule has 0 radical (unpaired) electrons. The molecule has 0 spiro atoms. The average molecular weight is 311 g/mol. The van der Waals surface area contributed by atoms with Crippen molar-refractivity contribution < 1.29 is 23.1 Å². The Labute approximate surface area is 123 Å². The molecule has 0 unspecified atom stereocenters. The molecule has 0 atom stereocenters. The van der Waals surface area contributed by atoms with Gasteiger partial charge in [-0.3, -0.25) is 4.79 Å². The number of amides is 1. The zero-order valence-electron chi connectivity index (χ0n) is 11.7. The highest BCUT2D eigenvalue weighted by molar-refractivity contribution is 7.91. The number of hydrogen-bond acceptors (Lipinski definition) is 4. The topological polar surface area (TPSA) is 91.8 Å². The van der Waals surface area contributed by atoms with E-state index in [1.807, 2.05) is 0 Å². The van der Waals surface area contributed by atoms with Gasteiger partial charge in [0.15, 0.2) is 9.84 Å². The maximum absolute atomic E-state index is 12.0. The second kappa shape index (κ2) is 5.85. The quantitative estimate of drug-likeness (QED) is 0.849. The number of carboxylic acids is 1. The van der Waals surface area contributed by atoms with Crippen molar-refractivity contribution in [2.45, 2.75) is 19.8 Å². The van der Waals surface area contributed by atoms with Crippen molar-refractivity contribution >= 4 is 27.4 Å². The lowest BCUT2D eigenvalue weighted by atomic mass is 10.1. The molecular weight excluding hydrogens is 294 g/mol. The number of rotatable bonds is 6. The summed E-state index contributed by atoms with van der Waals surface area (Å²) >= 11 is 0. The molecule has 2 rings (SSSR count). The molecule has 1 aliphatic rings. The minimum absolute atomic E-state index is 0.0767. The lowest BCUT2D eigenvalue weighted by molar-refractivity contribution is -0.117. The molecule has 6 nitrogen and oxygen atoms in total. The van der Waals surface area contributed by atoms with Crippen molar-refractivity contribution in [3.63, 3.8) is 0 Å². The van der Waals surface area contributed by atoms with Gasteiger partial charge in [-0.25, -0.2) is 13.2 Å².